The van der Waals surface area contributed by atoms with Gasteiger partial charge in [0.1, 0.15) is 5.60 Å². The van der Waals surface area contributed by atoms with Gasteiger partial charge in [0.15, 0.2) is 0 Å². The highest BCUT2D eigenvalue weighted by molar-refractivity contribution is 5.68. The Bertz CT molecular complexity index is 382. The summed E-state index contributed by atoms with van der Waals surface area (Å²) in [5.41, 5.74) is 4.85. The van der Waals surface area contributed by atoms with E-state index in [4.69, 9.17) is 10.5 Å². The molecule has 4 nitrogen and oxygen atoms in total. The van der Waals surface area contributed by atoms with E-state index in [-0.39, 0.29) is 18.9 Å². The van der Waals surface area contributed by atoms with Crippen molar-refractivity contribution in [3.63, 3.8) is 0 Å². The summed E-state index contributed by atoms with van der Waals surface area (Å²) in [6.07, 6.45) is -0.0624. The van der Waals surface area contributed by atoms with Crippen LogP contribution < -0.4 is 5.73 Å². The maximum Gasteiger partial charge on any atom is 0.410 e. The predicted octanol–water partition coefficient (Wildman–Crippen LogP) is 3.79. The van der Waals surface area contributed by atoms with E-state index in [2.05, 4.69) is 0 Å². The third-order valence-electron chi connectivity index (χ3n) is 4.23. The molecule has 0 atom stereocenters. The van der Waals surface area contributed by atoms with E-state index >= 15 is 0 Å². The molecule has 0 heterocycles. The van der Waals surface area contributed by atoms with Crippen molar-refractivity contribution in [2.45, 2.75) is 77.9 Å². The molecule has 0 saturated heterocycles. The van der Waals surface area contributed by atoms with Crippen LogP contribution in [0.25, 0.3) is 0 Å². The second kappa shape index (κ2) is 6.69. The maximum absolute atomic E-state index is 13.4. The van der Waals surface area contributed by atoms with E-state index in [1.165, 1.54) is 0 Å². The van der Waals surface area contributed by atoms with E-state index in [1.54, 1.807) is 4.90 Å². The summed E-state index contributed by atoms with van der Waals surface area (Å²) in [6, 6.07) is -0.0688. The van der Waals surface area contributed by atoms with Crippen LogP contribution in [-0.4, -0.2) is 41.6 Å². The second-order valence-corrected chi connectivity index (χ2v) is 7.76. The SMILES string of the molecule is CC(C)N(CC1(CN)CCC(F)(F)CC1)C(=O)OC(C)(C)C. The number of halogens is 2. The summed E-state index contributed by atoms with van der Waals surface area (Å²) in [7, 11) is 0. The van der Waals surface area contributed by atoms with Gasteiger partial charge in [-0.3, -0.25) is 0 Å². The van der Waals surface area contributed by atoms with Gasteiger partial charge in [-0.1, -0.05) is 0 Å². The average Bonchev–Trinajstić information content (AvgIpc) is 2.35. The van der Waals surface area contributed by atoms with Crippen molar-refractivity contribution < 1.29 is 18.3 Å². The van der Waals surface area contributed by atoms with Crippen LogP contribution in [0.2, 0.25) is 0 Å². The molecule has 0 bridgehead atoms. The normalized spacial score (nSPS) is 20.8. The van der Waals surface area contributed by atoms with Gasteiger partial charge in [-0.25, -0.2) is 13.6 Å². The lowest BCUT2D eigenvalue weighted by atomic mass is 9.72. The van der Waals surface area contributed by atoms with Crippen LogP contribution in [0.1, 0.15) is 60.3 Å². The van der Waals surface area contributed by atoms with Crippen molar-refractivity contribution in [1.29, 1.82) is 0 Å². The molecule has 0 aromatic heterocycles. The fourth-order valence-electron chi connectivity index (χ4n) is 2.71. The molecule has 22 heavy (non-hydrogen) atoms. The fourth-order valence-corrected chi connectivity index (χ4v) is 2.71. The van der Waals surface area contributed by atoms with E-state index in [0.29, 0.717) is 25.9 Å². The predicted molar refractivity (Wildman–Crippen MR) is 83.0 cm³/mol. The van der Waals surface area contributed by atoms with Crippen LogP contribution in [0.3, 0.4) is 0 Å². The van der Waals surface area contributed by atoms with Crippen molar-refractivity contribution in [2.75, 3.05) is 13.1 Å². The topological polar surface area (TPSA) is 55.6 Å². The first-order chi connectivity index (χ1) is 9.90. The summed E-state index contributed by atoms with van der Waals surface area (Å²) < 4.78 is 32.3. The van der Waals surface area contributed by atoms with Crippen LogP contribution in [0, 0.1) is 5.41 Å². The Morgan fingerprint density at radius 1 is 1.23 bits per heavy atom. The number of carbonyl (C=O) groups excluding carboxylic acids is 1. The summed E-state index contributed by atoms with van der Waals surface area (Å²) >= 11 is 0. The number of ether oxygens (including phenoxy) is 1. The van der Waals surface area contributed by atoms with Gasteiger partial charge in [0.2, 0.25) is 5.92 Å². The molecule has 1 fully saturated rings. The molecule has 0 unspecified atom stereocenters. The molecule has 1 aliphatic rings. The zero-order valence-electron chi connectivity index (χ0n) is 14.4. The molecule has 1 rings (SSSR count). The lowest BCUT2D eigenvalue weighted by molar-refractivity contribution is -0.0732. The van der Waals surface area contributed by atoms with Crippen molar-refractivity contribution in [3.05, 3.63) is 0 Å². The molecule has 1 amide bonds. The van der Waals surface area contributed by atoms with E-state index in [0.717, 1.165) is 0 Å². The summed E-state index contributed by atoms with van der Waals surface area (Å²) in [5.74, 6) is -2.60. The first-order valence-corrected chi connectivity index (χ1v) is 7.97. The fraction of sp³-hybridized carbons (Fsp3) is 0.938. The number of carbonyl (C=O) groups is 1. The minimum Gasteiger partial charge on any atom is -0.444 e. The molecule has 1 saturated carbocycles. The smallest absolute Gasteiger partial charge is 0.410 e. The highest BCUT2D eigenvalue weighted by atomic mass is 19.3. The van der Waals surface area contributed by atoms with Crippen molar-refractivity contribution in [2.24, 2.45) is 11.1 Å². The quantitative estimate of drug-likeness (QED) is 0.857. The Labute approximate surface area is 132 Å². The molecule has 0 aliphatic heterocycles. The zero-order valence-corrected chi connectivity index (χ0v) is 14.4. The second-order valence-electron chi connectivity index (χ2n) is 7.76. The van der Waals surface area contributed by atoms with E-state index < -0.39 is 23.0 Å². The summed E-state index contributed by atoms with van der Waals surface area (Å²) in [6.45, 7) is 9.88. The molecular weight excluding hydrogens is 290 g/mol. The number of rotatable bonds is 4. The number of nitrogens with two attached hydrogens (primary N) is 1. The molecule has 0 aromatic carbocycles. The van der Waals surface area contributed by atoms with Gasteiger partial charge < -0.3 is 15.4 Å². The molecular formula is C16H30F2N2O2. The minimum absolute atomic E-state index is 0.0688. The van der Waals surface area contributed by atoms with Crippen molar-refractivity contribution >= 4 is 6.09 Å². The molecule has 1 aliphatic carbocycles. The first-order valence-electron chi connectivity index (χ1n) is 7.97. The van der Waals surface area contributed by atoms with Gasteiger partial charge in [-0.2, -0.15) is 0 Å². The molecule has 130 valence electrons. The molecule has 0 aromatic rings. The highest BCUT2D eigenvalue weighted by Gasteiger charge is 2.44. The van der Waals surface area contributed by atoms with E-state index in [9.17, 15) is 13.6 Å². The summed E-state index contributed by atoms with van der Waals surface area (Å²) in [4.78, 5) is 14.0. The average molecular weight is 320 g/mol. The van der Waals surface area contributed by atoms with Crippen LogP contribution in [0.15, 0.2) is 0 Å². The maximum atomic E-state index is 13.4. The van der Waals surface area contributed by atoms with Crippen LogP contribution in [-0.2, 0) is 4.74 Å². The minimum atomic E-state index is -2.60. The first kappa shape index (κ1) is 19.1. The number of nitrogens with zero attached hydrogens (tertiary/aromatic N) is 1. The number of hydrogen-bond acceptors (Lipinski definition) is 3. The Balaban J connectivity index is 2.82. The van der Waals surface area contributed by atoms with Crippen LogP contribution in [0.5, 0.6) is 0 Å². The lowest BCUT2D eigenvalue weighted by Crippen LogP contribution is -2.51. The van der Waals surface area contributed by atoms with Gasteiger partial charge in [0.05, 0.1) is 0 Å². The third kappa shape index (κ3) is 5.38. The zero-order chi connectivity index (χ0) is 17.2. The number of hydrogen-bond donors (Lipinski definition) is 1. The standard InChI is InChI=1S/C16H30F2N2O2/c1-12(2)20(13(21)22-14(3,4)5)11-15(10-19)6-8-16(17,18)9-7-15/h12H,6-11,19H2,1-5H3. The van der Waals surface area contributed by atoms with Gasteiger partial charge in [-0.05, 0) is 54.0 Å². The molecule has 2 N–H and O–H groups in total. The van der Waals surface area contributed by atoms with Gasteiger partial charge in [0, 0.05) is 30.8 Å². The van der Waals surface area contributed by atoms with Crippen molar-refractivity contribution in [3.8, 4) is 0 Å². The van der Waals surface area contributed by atoms with Crippen LogP contribution >= 0.6 is 0 Å². The monoisotopic (exact) mass is 320 g/mol. The Hall–Kier alpha value is -0.910. The number of amides is 1. The Kier molecular flexibility index (Phi) is 5.82. The Morgan fingerprint density at radius 2 is 1.73 bits per heavy atom. The van der Waals surface area contributed by atoms with Gasteiger partial charge in [-0.15, -0.1) is 0 Å². The Morgan fingerprint density at radius 3 is 2.09 bits per heavy atom. The third-order valence-corrected chi connectivity index (χ3v) is 4.23. The van der Waals surface area contributed by atoms with Crippen LogP contribution in [0.4, 0.5) is 13.6 Å². The molecule has 0 spiro atoms. The largest absolute Gasteiger partial charge is 0.444 e. The van der Waals surface area contributed by atoms with Gasteiger partial charge >= 0.3 is 6.09 Å². The lowest BCUT2D eigenvalue weighted by Gasteiger charge is -2.43. The van der Waals surface area contributed by atoms with Crippen molar-refractivity contribution in [1.82, 2.24) is 4.90 Å². The van der Waals surface area contributed by atoms with Gasteiger partial charge in [0.25, 0.3) is 0 Å². The number of alkyl halides is 2. The van der Waals surface area contributed by atoms with E-state index in [1.807, 2.05) is 34.6 Å². The highest BCUT2D eigenvalue weighted by Crippen LogP contribution is 2.43. The molecule has 6 heteroatoms. The molecule has 0 radical (unpaired) electrons. The summed E-state index contributed by atoms with van der Waals surface area (Å²) in [5, 5.41) is 0.